The van der Waals surface area contributed by atoms with Crippen LogP contribution in [0.1, 0.15) is 20.8 Å². The van der Waals surface area contributed by atoms with E-state index in [0.717, 1.165) is 20.8 Å². The Balaban J connectivity index is 6.39. The van der Waals surface area contributed by atoms with Crippen LogP contribution in [0, 0.1) is 0 Å². The zero-order valence-electron chi connectivity index (χ0n) is 12.0. The number of aliphatic carboxylic acids is 3. The number of rotatable bonds is 9. The molecule has 0 heterocycles. The lowest BCUT2D eigenvalue weighted by Gasteiger charge is -2.34. The molecule has 0 fully saturated rings. The van der Waals surface area contributed by atoms with E-state index in [0.29, 0.717) is 0 Å². The Kier molecular flexibility index (Phi) is 6.52. The summed E-state index contributed by atoms with van der Waals surface area (Å²) in [5.41, 5.74) is 0. The van der Waals surface area contributed by atoms with Crippen LogP contribution in [-0.4, -0.2) is 73.6 Å². The average Bonchev–Trinajstić information content (AvgIpc) is 2.24. The van der Waals surface area contributed by atoms with Crippen LogP contribution in [0.4, 0.5) is 0 Å². The van der Waals surface area contributed by atoms with Crippen LogP contribution in [0.2, 0.25) is 0 Å². The molecule has 0 aliphatic heterocycles. The summed E-state index contributed by atoms with van der Waals surface area (Å²) in [6.45, 7) is 2.34. The third kappa shape index (κ3) is 4.19. The lowest BCUT2D eigenvalue weighted by atomic mass is 10.00. The molecule has 0 aliphatic carbocycles. The average molecular weight is 317 g/mol. The molecule has 22 heavy (non-hydrogen) atoms. The molecule has 0 amide bonds. The molecule has 0 aromatic rings. The first kappa shape index (κ1) is 19.4. The molecule has 0 aromatic carbocycles. The van der Waals surface area contributed by atoms with Gasteiger partial charge in [-0.1, -0.05) is 0 Å². The zero-order valence-corrected chi connectivity index (χ0v) is 12.0. The van der Waals surface area contributed by atoms with Crippen LogP contribution in [0.3, 0.4) is 0 Å². The molecule has 0 radical (unpaired) electrons. The fraction of sp³-hybridized carbons (Fsp3) is 0.500. The summed E-state index contributed by atoms with van der Waals surface area (Å²) in [6, 6.07) is -6.81. The predicted molar refractivity (Wildman–Crippen MR) is 68.2 cm³/mol. The van der Waals surface area contributed by atoms with Crippen LogP contribution < -0.4 is 0 Å². The number of carbonyl (C=O) groups excluding carboxylic acids is 3. The van der Waals surface area contributed by atoms with Crippen molar-refractivity contribution in [3.63, 3.8) is 0 Å². The molecule has 3 N–H and O–H groups in total. The molecule has 0 aliphatic rings. The SMILES string of the molecule is CC(=O)C(C(=O)O)N(C(C(C)=O)C(=O)O)C(C(C)=O)C(=O)O. The standard InChI is InChI=1S/C12H15NO9/c1-4(14)7(10(17)18)13(8(5(2)15)11(19)20)9(6(3)16)12(21)22/h7-9H,1-3H3,(H,17,18)(H,19,20)(H,21,22). The van der Waals surface area contributed by atoms with Gasteiger partial charge in [-0.05, 0) is 20.8 Å². The van der Waals surface area contributed by atoms with E-state index in [1.807, 2.05) is 0 Å². The Morgan fingerprint density at radius 1 is 0.591 bits per heavy atom. The molecule has 0 spiro atoms. The topological polar surface area (TPSA) is 166 Å². The second kappa shape index (κ2) is 7.41. The molecule has 10 nitrogen and oxygen atoms in total. The molecule has 0 aromatic heterocycles. The first-order valence-electron chi connectivity index (χ1n) is 5.90. The summed E-state index contributed by atoms with van der Waals surface area (Å²) in [5.74, 6) is -8.96. The highest BCUT2D eigenvalue weighted by Crippen LogP contribution is 2.16. The maximum atomic E-state index is 11.5. The summed E-state index contributed by atoms with van der Waals surface area (Å²) in [6.07, 6.45) is 0. The van der Waals surface area contributed by atoms with Gasteiger partial charge in [0.25, 0.3) is 0 Å². The van der Waals surface area contributed by atoms with Crippen molar-refractivity contribution in [1.82, 2.24) is 4.90 Å². The van der Waals surface area contributed by atoms with E-state index in [1.165, 1.54) is 0 Å². The number of ketones is 3. The third-order valence-corrected chi connectivity index (χ3v) is 2.75. The number of hydrogen-bond donors (Lipinski definition) is 3. The van der Waals surface area contributed by atoms with Crippen molar-refractivity contribution < 1.29 is 44.1 Å². The number of carboxylic acids is 3. The maximum Gasteiger partial charge on any atom is 0.328 e. The first-order valence-corrected chi connectivity index (χ1v) is 5.90. The van der Waals surface area contributed by atoms with Gasteiger partial charge in [-0.2, -0.15) is 0 Å². The summed E-state index contributed by atoms with van der Waals surface area (Å²) in [4.78, 5) is 68.2. The van der Waals surface area contributed by atoms with Gasteiger partial charge in [0.15, 0.2) is 35.5 Å². The minimum absolute atomic E-state index is 0.0972. The number of carboxylic acid groups (broad SMARTS) is 3. The minimum atomic E-state index is -2.27. The van der Waals surface area contributed by atoms with Gasteiger partial charge in [0.05, 0.1) is 0 Å². The summed E-state index contributed by atoms with van der Waals surface area (Å²) in [7, 11) is 0. The summed E-state index contributed by atoms with van der Waals surface area (Å²) < 4.78 is 0. The van der Waals surface area contributed by atoms with Crippen molar-refractivity contribution in [2.24, 2.45) is 0 Å². The Bertz CT molecular complexity index is 421. The van der Waals surface area contributed by atoms with Crippen molar-refractivity contribution in [3.05, 3.63) is 0 Å². The Morgan fingerprint density at radius 3 is 0.864 bits per heavy atom. The zero-order chi connectivity index (χ0) is 17.8. The highest BCUT2D eigenvalue weighted by Gasteiger charge is 2.48. The van der Waals surface area contributed by atoms with Gasteiger partial charge in [-0.15, -0.1) is 0 Å². The van der Waals surface area contributed by atoms with E-state index in [9.17, 15) is 28.8 Å². The predicted octanol–water partition coefficient (Wildman–Crippen LogP) is -1.58. The van der Waals surface area contributed by atoms with Gasteiger partial charge >= 0.3 is 17.9 Å². The van der Waals surface area contributed by atoms with E-state index in [2.05, 4.69) is 0 Å². The van der Waals surface area contributed by atoms with Crippen LogP contribution in [-0.2, 0) is 28.8 Å². The van der Waals surface area contributed by atoms with Crippen molar-refractivity contribution in [2.45, 2.75) is 38.9 Å². The summed E-state index contributed by atoms with van der Waals surface area (Å²) >= 11 is 0. The Labute approximate surface area is 124 Å². The first-order chi connectivity index (χ1) is 9.93. The van der Waals surface area contributed by atoms with Gasteiger partial charge < -0.3 is 15.3 Å². The van der Waals surface area contributed by atoms with Gasteiger partial charge in [0, 0.05) is 0 Å². The van der Waals surface area contributed by atoms with Gasteiger partial charge in [-0.25, -0.2) is 4.90 Å². The quantitative estimate of drug-likeness (QED) is 0.422. The Hall–Kier alpha value is -2.62. The minimum Gasteiger partial charge on any atom is -0.480 e. The largest absolute Gasteiger partial charge is 0.480 e. The van der Waals surface area contributed by atoms with Crippen LogP contribution in [0.5, 0.6) is 0 Å². The second-order valence-corrected chi connectivity index (χ2v) is 4.50. The van der Waals surface area contributed by atoms with E-state index < -0.39 is 53.4 Å². The second-order valence-electron chi connectivity index (χ2n) is 4.50. The monoisotopic (exact) mass is 317 g/mol. The third-order valence-electron chi connectivity index (χ3n) is 2.75. The van der Waals surface area contributed by atoms with Gasteiger partial charge in [0.2, 0.25) is 0 Å². The van der Waals surface area contributed by atoms with E-state index >= 15 is 0 Å². The van der Waals surface area contributed by atoms with Crippen LogP contribution >= 0.6 is 0 Å². The molecule has 0 saturated carbocycles. The molecule has 3 atom stereocenters. The number of hydrogen-bond acceptors (Lipinski definition) is 7. The van der Waals surface area contributed by atoms with Crippen molar-refractivity contribution >= 4 is 35.3 Å². The molecule has 0 saturated heterocycles. The van der Waals surface area contributed by atoms with Crippen LogP contribution in [0.15, 0.2) is 0 Å². The lowest BCUT2D eigenvalue weighted by Crippen LogP contribution is -2.63. The fourth-order valence-electron chi connectivity index (χ4n) is 1.98. The number of carbonyl (C=O) groups is 6. The number of nitrogens with zero attached hydrogens (tertiary/aromatic N) is 1. The van der Waals surface area contributed by atoms with Crippen molar-refractivity contribution in [2.75, 3.05) is 0 Å². The smallest absolute Gasteiger partial charge is 0.328 e. The molecular weight excluding hydrogens is 302 g/mol. The molecule has 3 unspecified atom stereocenters. The van der Waals surface area contributed by atoms with Crippen molar-refractivity contribution in [3.8, 4) is 0 Å². The molecule has 10 heteroatoms. The molecular formula is C12H15NO9. The van der Waals surface area contributed by atoms with Gasteiger partial charge in [0.1, 0.15) is 0 Å². The normalized spacial score (nSPS) is 14.7. The lowest BCUT2D eigenvalue weighted by molar-refractivity contribution is -0.162. The number of Topliss-reactive ketones (excluding diaryl/α,β-unsaturated/α-hetero) is 3. The van der Waals surface area contributed by atoms with E-state index in [4.69, 9.17) is 15.3 Å². The van der Waals surface area contributed by atoms with E-state index in [1.54, 1.807) is 0 Å². The highest BCUT2D eigenvalue weighted by atomic mass is 16.4. The molecule has 0 bridgehead atoms. The fourth-order valence-corrected chi connectivity index (χ4v) is 1.98. The molecule has 122 valence electrons. The highest BCUT2D eigenvalue weighted by molar-refractivity contribution is 6.09. The Morgan fingerprint density at radius 2 is 0.773 bits per heavy atom. The van der Waals surface area contributed by atoms with Crippen molar-refractivity contribution in [1.29, 1.82) is 0 Å². The van der Waals surface area contributed by atoms with Crippen LogP contribution in [0.25, 0.3) is 0 Å². The van der Waals surface area contributed by atoms with E-state index in [-0.39, 0.29) is 4.90 Å². The maximum absolute atomic E-state index is 11.5. The molecule has 0 rings (SSSR count). The summed E-state index contributed by atoms with van der Waals surface area (Å²) in [5, 5.41) is 27.2. The van der Waals surface area contributed by atoms with Gasteiger partial charge in [-0.3, -0.25) is 28.8 Å².